The highest BCUT2D eigenvalue weighted by Gasteiger charge is 2.31. The van der Waals surface area contributed by atoms with Crippen molar-refractivity contribution in [3.8, 4) is 16.5 Å². The molecule has 0 fully saturated rings. The topological polar surface area (TPSA) is 77.2 Å². The number of carbonyl (C=O) groups excluding carboxylic acids is 1. The van der Waals surface area contributed by atoms with Gasteiger partial charge in [-0.1, -0.05) is 41.6 Å². The first-order valence-corrected chi connectivity index (χ1v) is 10.8. The van der Waals surface area contributed by atoms with Gasteiger partial charge in [0.1, 0.15) is 10.6 Å². The number of aromatic nitrogens is 2. The van der Waals surface area contributed by atoms with Gasteiger partial charge in [0, 0.05) is 15.8 Å². The van der Waals surface area contributed by atoms with Crippen LogP contribution in [-0.2, 0) is 4.79 Å². The number of thioether (sulfide) groups is 1. The number of halogens is 4. The van der Waals surface area contributed by atoms with Gasteiger partial charge in [-0.05, 0) is 30.3 Å². The number of alkyl halides is 3. The summed E-state index contributed by atoms with van der Waals surface area (Å²) >= 11 is 8.85. The van der Waals surface area contributed by atoms with Crippen molar-refractivity contribution in [2.45, 2.75) is 11.6 Å². The van der Waals surface area contributed by atoms with Crippen LogP contribution in [0.5, 0.6) is 5.75 Å². The number of nitrogens with one attached hydrogen (secondary N) is 1. The molecule has 0 atom stereocenters. The van der Waals surface area contributed by atoms with Crippen molar-refractivity contribution in [1.29, 1.82) is 0 Å². The van der Waals surface area contributed by atoms with Crippen LogP contribution in [0.15, 0.2) is 58.2 Å². The molecular weight excluding hydrogens is 475 g/mol. The van der Waals surface area contributed by atoms with E-state index in [1.165, 1.54) is 23.5 Å². The largest absolute Gasteiger partial charge is 0.573 e. The molecule has 31 heavy (non-hydrogen) atoms. The van der Waals surface area contributed by atoms with Crippen LogP contribution in [0, 0.1) is 0 Å². The third-order valence-corrected chi connectivity index (χ3v) is 6.32. The quantitative estimate of drug-likeness (QED) is 0.326. The number of ether oxygens (including phenoxy) is 1. The average Bonchev–Trinajstić information content (AvgIpc) is 3.32. The zero-order valence-electron chi connectivity index (χ0n) is 15.3. The van der Waals surface area contributed by atoms with E-state index in [4.69, 9.17) is 16.0 Å². The monoisotopic (exact) mass is 485 g/mol. The molecule has 160 valence electrons. The fourth-order valence-electron chi connectivity index (χ4n) is 2.58. The molecule has 0 aliphatic heterocycles. The standard InChI is InChI=1S/C19H11ClF3N3O3S2/c20-15-12-3-1-2-4-13(12)31-16(15)17-25-26-18(28-17)30-9-14(27)24-10-5-7-11(8-6-10)29-19(21,22)23/h1-8H,9H2,(H,24,27). The maximum absolute atomic E-state index is 12.2. The number of anilines is 1. The summed E-state index contributed by atoms with van der Waals surface area (Å²) in [4.78, 5) is 12.7. The maximum atomic E-state index is 12.2. The summed E-state index contributed by atoms with van der Waals surface area (Å²) in [6, 6.07) is 12.4. The number of amides is 1. The van der Waals surface area contributed by atoms with Crippen LogP contribution in [0.3, 0.4) is 0 Å². The number of benzene rings is 2. The lowest BCUT2D eigenvalue weighted by atomic mass is 10.2. The smallest absolute Gasteiger partial charge is 0.410 e. The molecule has 0 saturated carbocycles. The molecule has 0 radical (unpaired) electrons. The molecule has 6 nitrogen and oxygen atoms in total. The second-order valence-corrected chi connectivity index (χ2v) is 8.38. The second-order valence-electron chi connectivity index (χ2n) is 6.02. The van der Waals surface area contributed by atoms with E-state index in [0.29, 0.717) is 15.6 Å². The van der Waals surface area contributed by atoms with E-state index in [-0.39, 0.29) is 22.6 Å². The van der Waals surface area contributed by atoms with E-state index in [2.05, 4.69) is 20.3 Å². The molecule has 0 aliphatic rings. The van der Waals surface area contributed by atoms with Crippen LogP contribution in [-0.4, -0.2) is 28.2 Å². The number of rotatable bonds is 6. The van der Waals surface area contributed by atoms with Crippen LogP contribution >= 0.6 is 34.7 Å². The minimum Gasteiger partial charge on any atom is -0.410 e. The molecule has 0 spiro atoms. The molecule has 0 bridgehead atoms. The summed E-state index contributed by atoms with van der Waals surface area (Å²) in [5.41, 5.74) is 0.323. The number of hydrogen-bond acceptors (Lipinski definition) is 7. The summed E-state index contributed by atoms with van der Waals surface area (Å²) in [7, 11) is 0. The van der Waals surface area contributed by atoms with E-state index in [1.807, 2.05) is 24.3 Å². The minimum atomic E-state index is -4.77. The number of fused-ring (bicyclic) bond motifs is 1. The fourth-order valence-corrected chi connectivity index (χ4v) is 4.57. The Morgan fingerprint density at radius 2 is 1.90 bits per heavy atom. The van der Waals surface area contributed by atoms with Gasteiger partial charge in [-0.25, -0.2) is 0 Å². The van der Waals surface area contributed by atoms with Gasteiger partial charge in [-0.3, -0.25) is 4.79 Å². The lowest BCUT2D eigenvalue weighted by Gasteiger charge is -2.09. The third kappa shape index (κ3) is 5.30. The van der Waals surface area contributed by atoms with E-state index < -0.39 is 12.3 Å². The Hall–Kier alpha value is -2.76. The number of carbonyl (C=O) groups is 1. The fraction of sp³-hybridized carbons (Fsp3) is 0.105. The van der Waals surface area contributed by atoms with Crippen molar-refractivity contribution in [1.82, 2.24) is 10.2 Å². The van der Waals surface area contributed by atoms with Gasteiger partial charge < -0.3 is 14.5 Å². The second kappa shape index (κ2) is 8.77. The predicted molar refractivity (Wildman–Crippen MR) is 113 cm³/mol. The molecule has 0 unspecified atom stereocenters. The summed E-state index contributed by atoms with van der Waals surface area (Å²) in [5.74, 6) is -0.551. The van der Waals surface area contributed by atoms with Crippen LogP contribution in [0.25, 0.3) is 20.9 Å². The Bertz CT molecular complexity index is 1230. The van der Waals surface area contributed by atoms with Crippen molar-refractivity contribution in [3.63, 3.8) is 0 Å². The zero-order chi connectivity index (χ0) is 22.0. The molecular formula is C19H11ClF3N3O3S2. The van der Waals surface area contributed by atoms with Crippen molar-refractivity contribution in [2.24, 2.45) is 0 Å². The molecule has 12 heteroatoms. The molecule has 0 saturated heterocycles. The predicted octanol–water partition coefficient (Wildman–Crippen LogP) is 6.23. The van der Waals surface area contributed by atoms with Gasteiger partial charge in [0.25, 0.3) is 11.1 Å². The molecule has 1 N–H and O–H groups in total. The van der Waals surface area contributed by atoms with Crippen LogP contribution in [0.4, 0.5) is 18.9 Å². The van der Waals surface area contributed by atoms with Gasteiger partial charge in [-0.2, -0.15) is 0 Å². The van der Waals surface area contributed by atoms with Crippen molar-refractivity contribution < 1.29 is 27.1 Å². The lowest BCUT2D eigenvalue weighted by molar-refractivity contribution is -0.274. The normalized spacial score (nSPS) is 11.6. The first kappa shape index (κ1) is 21.5. The summed E-state index contributed by atoms with van der Waals surface area (Å²) in [6.07, 6.45) is -4.77. The number of nitrogens with zero attached hydrogens (tertiary/aromatic N) is 2. The third-order valence-electron chi connectivity index (χ3n) is 3.83. The van der Waals surface area contributed by atoms with E-state index in [9.17, 15) is 18.0 Å². The average molecular weight is 486 g/mol. The molecule has 4 rings (SSSR count). The van der Waals surface area contributed by atoms with E-state index in [1.54, 1.807) is 0 Å². The molecule has 2 aromatic carbocycles. The van der Waals surface area contributed by atoms with Gasteiger partial charge in [0.15, 0.2) is 0 Å². The molecule has 0 aliphatic carbocycles. The highest BCUT2D eigenvalue weighted by Crippen LogP contribution is 2.41. The van der Waals surface area contributed by atoms with Crippen molar-refractivity contribution >= 4 is 56.4 Å². The first-order chi connectivity index (χ1) is 14.8. The SMILES string of the molecule is O=C(CSc1nnc(-c2sc3ccccc3c2Cl)o1)Nc1ccc(OC(F)(F)F)cc1. The van der Waals surface area contributed by atoms with Crippen LogP contribution in [0.1, 0.15) is 0 Å². The first-order valence-electron chi connectivity index (χ1n) is 8.58. The van der Waals surface area contributed by atoms with Crippen molar-refractivity contribution in [2.75, 3.05) is 11.1 Å². The van der Waals surface area contributed by atoms with Gasteiger partial charge in [0.2, 0.25) is 5.91 Å². The molecule has 1 amide bonds. The van der Waals surface area contributed by atoms with Gasteiger partial charge >= 0.3 is 6.36 Å². The number of thiophene rings is 1. The highest BCUT2D eigenvalue weighted by atomic mass is 35.5. The number of hydrogen-bond donors (Lipinski definition) is 1. The Labute approximate surface area is 186 Å². The molecule has 2 heterocycles. The van der Waals surface area contributed by atoms with Crippen molar-refractivity contribution in [3.05, 3.63) is 53.6 Å². The minimum absolute atomic E-state index is 0.0391. The summed E-state index contributed by atoms with van der Waals surface area (Å²) in [6.45, 7) is 0. The van der Waals surface area contributed by atoms with Gasteiger partial charge in [-0.15, -0.1) is 34.7 Å². The maximum Gasteiger partial charge on any atom is 0.573 e. The zero-order valence-corrected chi connectivity index (χ0v) is 17.7. The molecule has 2 aromatic heterocycles. The Morgan fingerprint density at radius 1 is 1.16 bits per heavy atom. The summed E-state index contributed by atoms with van der Waals surface area (Å²) < 4.78 is 46.9. The summed E-state index contributed by atoms with van der Waals surface area (Å²) in [5, 5.41) is 12.1. The highest BCUT2D eigenvalue weighted by molar-refractivity contribution is 7.99. The van der Waals surface area contributed by atoms with Crippen LogP contribution in [0.2, 0.25) is 5.02 Å². The van der Waals surface area contributed by atoms with Crippen LogP contribution < -0.4 is 10.1 Å². The van der Waals surface area contributed by atoms with E-state index in [0.717, 1.165) is 34.0 Å². The van der Waals surface area contributed by atoms with Gasteiger partial charge in [0.05, 0.1) is 10.8 Å². The lowest BCUT2D eigenvalue weighted by Crippen LogP contribution is -2.17. The van der Waals surface area contributed by atoms with E-state index >= 15 is 0 Å². The Morgan fingerprint density at radius 3 is 2.61 bits per heavy atom. The Balaban J connectivity index is 1.35. The molecule has 4 aromatic rings. The Kier molecular flexibility index (Phi) is 6.08.